The Bertz CT molecular complexity index is 726. The van der Waals surface area contributed by atoms with Gasteiger partial charge in [0.15, 0.2) is 5.60 Å². The number of amides is 1. The van der Waals surface area contributed by atoms with Crippen LogP contribution in [-0.4, -0.2) is 22.6 Å². The number of hydrogen-bond acceptors (Lipinski definition) is 3. The lowest BCUT2D eigenvalue weighted by molar-refractivity contribution is -0.152. The molecule has 0 radical (unpaired) electrons. The van der Waals surface area contributed by atoms with E-state index in [4.69, 9.17) is 21.4 Å². The summed E-state index contributed by atoms with van der Waals surface area (Å²) in [5, 5.41) is 12.2. The summed E-state index contributed by atoms with van der Waals surface area (Å²) in [6.45, 7) is 2.90. The zero-order valence-corrected chi connectivity index (χ0v) is 13.4. The van der Waals surface area contributed by atoms with Crippen molar-refractivity contribution in [2.75, 3.05) is 5.32 Å². The van der Waals surface area contributed by atoms with Crippen LogP contribution in [-0.2, 0) is 4.79 Å². The van der Waals surface area contributed by atoms with Crippen molar-refractivity contribution >= 4 is 29.2 Å². The number of rotatable bonds is 5. The minimum absolute atomic E-state index is 0.317. The first-order chi connectivity index (χ1) is 10.8. The molecule has 0 heterocycles. The van der Waals surface area contributed by atoms with Crippen molar-refractivity contribution in [3.8, 4) is 5.75 Å². The quantitative estimate of drug-likeness (QED) is 0.871. The summed E-state index contributed by atoms with van der Waals surface area (Å²) in [6, 6.07) is 13.1. The van der Waals surface area contributed by atoms with E-state index in [1.54, 1.807) is 48.5 Å². The highest BCUT2D eigenvalue weighted by atomic mass is 35.5. The van der Waals surface area contributed by atoms with E-state index in [0.29, 0.717) is 22.0 Å². The Morgan fingerprint density at radius 1 is 1.09 bits per heavy atom. The number of hydrogen-bond donors (Lipinski definition) is 2. The molecule has 0 bridgehead atoms. The zero-order valence-electron chi connectivity index (χ0n) is 12.7. The molecule has 5 nitrogen and oxygen atoms in total. The van der Waals surface area contributed by atoms with Crippen molar-refractivity contribution in [2.45, 2.75) is 19.4 Å². The first-order valence-electron chi connectivity index (χ1n) is 6.88. The fourth-order valence-corrected chi connectivity index (χ4v) is 1.95. The van der Waals surface area contributed by atoms with Gasteiger partial charge in [-0.3, -0.25) is 4.79 Å². The third kappa shape index (κ3) is 4.23. The fourth-order valence-electron chi connectivity index (χ4n) is 1.77. The lowest BCUT2D eigenvalue weighted by Gasteiger charge is -2.21. The molecule has 0 saturated carbocycles. The molecule has 0 aliphatic carbocycles. The largest absolute Gasteiger partial charge is 0.478 e. The van der Waals surface area contributed by atoms with Crippen molar-refractivity contribution in [3.63, 3.8) is 0 Å². The van der Waals surface area contributed by atoms with E-state index in [1.165, 1.54) is 13.8 Å². The Hall–Kier alpha value is -2.53. The lowest BCUT2D eigenvalue weighted by Crippen LogP contribution is -2.37. The number of carboxylic acids is 1. The molecule has 0 spiro atoms. The van der Waals surface area contributed by atoms with Crippen molar-refractivity contribution in [2.24, 2.45) is 0 Å². The Morgan fingerprint density at radius 3 is 2.26 bits per heavy atom. The summed E-state index contributed by atoms with van der Waals surface area (Å²) in [5.41, 5.74) is -0.418. The Labute approximate surface area is 138 Å². The molecule has 6 heteroatoms. The van der Waals surface area contributed by atoms with Gasteiger partial charge in [0.05, 0.1) is 10.7 Å². The van der Waals surface area contributed by atoms with E-state index < -0.39 is 11.6 Å². The first kappa shape index (κ1) is 16.8. The summed E-state index contributed by atoms with van der Waals surface area (Å²) in [6.07, 6.45) is 0. The summed E-state index contributed by atoms with van der Waals surface area (Å²) in [5.74, 6) is -1.02. The molecule has 0 saturated heterocycles. The number of benzene rings is 2. The minimum atomic E-state index is -1.35. The molecular weight excluding hydrogens is 318 g/mol. The molecule has 2 N–H and O–H groups in total. The topological polar surface area (TPSA) is 75.6 Å². The first-order valence-corrected chi connectivity index (χ1v) is 7.26. The van der Waals surface area contributed by atoms with Crippen molar-refractivity contribution in [1.29, 1.82) is 0 Å². The van der Waals surface area contributed by atoms with Gasteiger partial charge in [-0.2, -0.15) is 0 Å². The maximum absolute atomic E-state index is 12.2. The van der Waals surface area contributed by atoms with Gasteiger partial charge < -0.3 is 15.2 Å². The number of carbonyl (C=O) groups is 2. The second-order valence-electron chi connectivity index (χ2n) is 5.38. The van der Waals surface area contributed by atoms with E-state index in [9.17, 15) is 9.59 Å². The monoisotopic (exact) mass is 333 g/mol. The molecule has 2 rings (SSSR count). The summed E-state index contributed by atoms with van der Waals surface area (Å²) >= 11 is 5.99. The predicted octanol–water partition coefficient (Wildman–Crippen LogP) is 3.83. The number of nitrogens with one attached hydrogen (secondary N) is 1. The van der Waals surface area contributed by atoms with Crippen molar-refractivity contribution in [3.05, 3.63) is 59.1 Å². The van der Waals surface area contributed by atoms with E-state index in [1.807, 2.05) is 0 Å². The third-order valence-corrected chi connectivity index (χ3v) is 3.46. The van der Waals surface area contributed by atoms with Crippen LogP contribution >= 0.6 is 11.6 Å². The van der Waals surface area contributed by atoms with Gasteiger partial charge in [-0.1, -0.05) is 23.7 Å². The van der Waals surface area contributed by atoms with E-state index in [2.05, 4.69) is 5.32 Å². The molecule has 1 amide bonds. The normalized spacial score (nSPS) is 10.9. The lowest BCUT2D eigenvalue weighted by atomic mass is 10.1. The Balaban J connectivity index is 2.09. The number of carbonyl (C=O) groups excluding carboxylic acids is 1. The summed E-state index contributed by atoms with van der Waals surface area (Å²) in [7, 11) is 0. The smallest absolute Gasteiger partial charge is 0.347 e. The number of aliphatic carboxylic acids is 1. The Kier molecular flexibility index (Phi) is 4.91. The van der Waals surface area contributed by atoms with Gasteiger partial charge in [0.2, 0.25) is 0 Å². The molecule has 0 atom stereocenters. The van der Waals surface area contributed by atoms with Crippen LogP contribution in [0.1, 0.15) is 24.2 Å². The predicted molar refractivity (Wildman–Crippen MR) is 88.2 cm³/mol. The maximum Gasteiger partial charge on any atom is 0.347 e. The highest BCUT2D eigenvalue weighted by molar-refractivity contribution is 6.33. The van der Waals surface area contributed by atoms with Crippen LogP contribution in [0.5, 0.6) is 5.75 Å². The number of para-hydroxylation sites is 1. The van der Waals surface area contributed by atoms with Gasteiger partial charge in [0.1, 0.15) is 5.75 Å². The second kappa shape index (κ2) is 6.71. The average Bonchev–Trinajstić information content (AvgIpc) is 2.49. The van der Waals surface area contributed by atoms with Crippen LogP contribution in [0.4, 0.5) is 5.69 Å². The minimum Gasteiger partial charge on any atom is -0.478 e. The summed E-state index contributed by atoms with van der Waals surface area (Å²) < 4.78 is 5.38. The molecule has 23 heavy (non-hydrogen) atoms. The van der Waals surface area contributed by atoms with Crippen LogP contribution < -0.4 is 10.1 Å². The van der Waals surface area contributed by atoms with Crippen LogP contribution in [0, 0.1) is 0 Å². The van der Waals surface area contributed by atoms with Gasteiger partial charge in [0.25, 0.3) is 5.91 Å². The van der Waals surface area contributed by atoms with Crippen LogP contribution in [0.25, 0.3) is 0 Å². The molecule has 0 aromatic heterocycles. The number of halogens is 1. The maximum atomic E-state index is 12.2. The highest BCUT2D eigenvalue weighted by Gasteiger charge is 2.29. The van der Waals surface area contributed by atoms with E-state index >= 15 is 0 Å². The highest BCUT2D eigenvalue weighted by Crippen LogP contribution is 2.22. The molecule has 0 unspecified atom stereocenters. The standard InChI is InChI=1S/C17H16ClNO4/c1-17(2,16(21)22)23-12-9-7-11(8-10-12)15(20)19-14-6-4-3-5-13(14)18/h3-10H,1-2H3,(H,19,20)(H,21,22). The second-order valence-corrected chi connectivity index (χ2v) is 5.78. The number of anilines is 1. The summed E-state index contributed by atoms with van der Waals surface area (Å²) in [4.78, 5) is 23.2. The fraction of sp³-hybridized carbons (Fsp3) is 0.176. The molecule has 0 fully saturated rings. The molecule has 2 aromatic rings. The molecular formula is C17H16ClNO4. The van der Waals surface area contributed by atoms with Crippen LogP contribution in [0.2, 0.25) is 5.02 Å². The number of ether oxygens (including phenoxy) is 1. The van der Waals surface area contributed by atoms with Crippen LogP contribution in [0.15, 0.2) is 48.5 Å². The molecule has 2 aromatic carbocycles. The van der Waals surface area contributed by atoms with Crippen molar-refractivity contribution in [1.82, 2.24) is 0 Å². The van der Waals surface area contributed by atoms with E-state index in [0.717, 1.165) is 0 Å². The Morgan fingerprint density at radius 2 is 1.70 bits per heavy atom. The molecule has 0 aliphatic heterocycles. The molecule has 0 aliphatic rings. The van der Waals surface area contributed by atoms with Gasteiger partial charge in [-0.25, -0.2) is 4.79 Å². The zero-order chi connectivity index (χ0) is 17.0. The van der Waals surface area contributed by atoms with Crippen LogP contribution in [0.3, 0.4) is 0 Å². The number of carboxylic acid groups (broad SMARTS) is 1. The van der Waals surface area contributed by atoms with Gasteiger partial charge in [-0.05, 0) is 50.2 Å². The van der Waals surface area contributed by atoms with E-state index in [-0.39, 0.29) is 5.91 Å². The van der Waals surface area contributed by atoms with Gasteiger partial charge in [0, 0.05) is 5.56 Å². The van der Waals surface area contributed by atoms with Crippen molar-refractivity contribution < 1.29 is 19.4 Å². The average molecular weight is 334 g/mol. The molecule has 120 valence electrons. The SMILES string of the molecule is CC(C)(Oc1ccc(C(=O)Nc2ccccc2Cl)cc1)C(=O)O. The van der Waals surface area contributed by atoms with Gasteiger partial charge >= 0.3 is 5.97 Å². The van der Waals surface area contributed by atoms with Gasteiger partial charge in [-0.15, -0.1) is 0 Å². The third-order valence-electron chi connectivity index (χ3n) is 3.13.